The molecule has 5 nitrogen and oxygen atoms in total. The molecule has 0 aliphatic rings. The Hall–Kier alpha value is 0.580. The Morgan fingerprint density at radius 3 is 2.31 bits per heavy atom. The summed E-state index contributed by atoms with van der Waals surface area (Å²) in [7, 11) is -6.04. The van der Waals surface area contributed by atoms with Crippen molar-refractivity contribution in [2.75, 3.05) is 19.5 Å². The summed E-state index contributed by atoms with van der Waals surface area (Å²) in [5.74, 6) is 0.0797. The van der Waals surface area contributed by atoms with Crippen LogP contribution in [0.1, 0.15) is 13.8 Å². The van der Waals surface area contributed by atoms with E-state index >= 15 is 0 Å². The molecule has 0 amide bonds. The molecule has 0 aromatic rings. The molecule has 1 unspecified atom stereocenters. The second-order valence-electron chi connectivity index (χ2n) is 2.59. The van der Waals surface area contributed by atoms with Crippen LogP contribution in [-0.4, -0.2) is 23.7 Å². The first kappa shape index (κ1) is 16.6. The van der Waals surface area contributed by atoms with Crippen LogP contribution in [0.25, 0.3) is 0 Å². The van der Waals surface area contributed by atoms with Crippen molar-refractivity contribution in [3.8, 4) is 0 Å². The van der Waals surface area contributed by atoms with E-state index in [1.165, 1.54) is 0 Å². The Morgan fingerprint density at radius 2 is 2.00 bits per heavy atom. The molecule has 98 valence electrons. The second kappa shape index (κ2) is 7.11. The molecule has 0 aromatic heterocycles. The fourth-order valence-electron chi connectivity index (χ4n) is 0.758. The number of rotatable bonds is 7. The summed E-state index contributed by atoms with van der Waals surface area (Å²) in [4.78, 5) is 0. The van der Waals surface area contributed by atoms with E-state index in [0.717, 1.165) is 12.5 Å². The molecule has 0 rings (SSSR count). The second-order valence-corrected chi connectivity index (χ2v) is 8.11. The predicted octanol–water partition coefficient (Wildman–Crippen LogP) is 3.02. The Balaban J connectivity index is 4.96. The van der Waals surface area contributed by atoms with Gasteiger partial charge >= 0.3 is 7.82 Å². The lowest BCUT2D eigenvalue weighted by Crippen LogP contribution is -2.15. The Labute approximate surface area is 106 Å². The lowest BCUT2D eigenvalue weighted by Gasteiger charge is -2.26. The average molecular weight is 313 g/mol. The molecule has 0 fully saturated rings. The van der Waals surface area contributed by atoms with Gasteiger partial charge in [0.25, 0.3) is 0 Å². The smallest absolute Gasteiger partial charge is 0.289 e. The van der Waals surface area contributed by atoms with Crippen LogP contribution in [0.3, 0.4) is 0 Å². The predicted molar refractivity (Wildman–Crippen MR) is 67.2 cm³/mol. The molecule has 0 heterocycles. The van der Waals surface area contributed by atoms with E-state index in [1.54, 1.807) is 13.8 Å². The van der Waals surface area contributed by atoms with Crippen LogP contribution in [0.4, 0.5) is 0 Å². The summed E-state index contributed by atoms with van der Waals surface area (Å²) in [6, 6.07) is 0. The Bertz CT molecular complexity index is 342. The zero-order valence-corrected chi connectivity index (χ0v) is 12.5. The van der Waals surface area contributed by atoms with E-state index in [9.17, 15) is 8.77 Å². The topological polar surface area (TPSA) is 61.8 Å². The highest BCUT2D eigenvalue weighted by Crippen LogP contribution is 2.52. The number of phosphoric acid groups is 1. The van der Waals surface area contributed by atoms with Crippen molar-refractivity contribution in [3.05, 3.63) is 9.90 Å². The SMILES string of the molecule is CCOP(=O)(OC)O[SH](=O)(C=C(Cl)Cl)CC. The van der Waals surface area contributed by atoms with Crippen molar-refractivity contribution in [1.82, 2.24) is 0 Å². The molecule has 16 heavy (non-hydrogen) atoms. The Morgan fingerprint density at radius 1 is 1.44 bits per heavy atom. The van der Waals surface area contributed by atoms with Gasteiger partial charge in [0, 0.05) is 18.3 Å². The molecule has 0 bridgehead atoms. The number of thiol groups is 1. The molecule has 1 atom stereocenters. The molecule has 0 saturated heterocycles. The summed E-state index contributed by atoms with van der Waals surface area (Å²) < 4.78 is 37.9. The standard InChI is InChI=1S/C7H15Cl2O5PS/c1-4-13-15(10,12-3)14-16(11,5-2)6-7(8)9/h6,16H,4-5H2,1-3H3. The van der Waals surface area contributed by atoms with E-state index in [0.29, 0.717) is 0 Å². The molecular formula is C7H15Cl2O5PS. The van der Waals surface area contributed by atoms with Gasteiger partial charge in [-0.15, -0.1) is 0 Å². The molecule has 0 N–H and O–H groups in total. The minimum Gasteiger partial charge on any atom is -0.289 e. The first-order valence-corrected chi connectivity index (χ1v) is 8.54. The summed E-state index contributed by atoms with van der Waals surface area (Å²) >= 11 is 10.8. The van der Waals surface area contributed by atoms with Crippen molar-refractivity contribution in [3.63, 3.8) is 0 Å². The first-order valence-electron chi connectivity index (χ1n) is 4.45. The van der Waals surface area contributed by atoms with Crippen LogP contribution in [0.5, 0.6) is 0 Å². The monoisotopic (exact) mass is 312 g/mol. The highest BCUT2D eigenvalue weighted by atomic mass is 35.5. The summed E-state index contributed by atoms with van der Waals surface area (Å²) in [6.07, 6.45) is 0. The van der Waals surface area contributed by atoms with Gasteiger partial charge in [-0.05, 0) is 13.8 Å². The van der Waals surface area contributed by atoms with Gasteiger partial charge in [-0.25, -0.2) is 8.77 Å². The lowest BCUT2D eigenvalue weighted by molar-refractivity contribution is 0.192. The highest BCUT2D eigenvalue weighted by molar-refractivity contribution is 8.04. The lowest BCUT2D eigenvalue weighted by atomic mass is 10.9. The average Bonchev–Trinajstić information content (AvgIpc) is 2.16. The number of phosphoric ester groups is 1. The van der Waals surface area contributed by atoms with E-state index in [2.05, 4.69) is 4.52 Å². The molecular weight excluding hydrogens is 298 g/mol. The van der Waals surface area contributed by atoms with E-state index in [-0.39, 0.29) is 16.9 Å². The fraction of sp³-hybridized carbons (Fsp3) is 0.714. The summed E-state index contributed by atoms with van der Waals surface area (Å²) in [5.41, 5.74) is 0. The van der Waals surface area contributed by atoms with Crippen LogP contribution in [0, 0.1) is 0 Å². The zero-order valence-electron chi connectivity index (χ0n) is 9.18. The van der Waals surface area contributed by atoms with E-state index in [4.69, 9.17) is 31.7 Å². The van der Waals surface area contributed by atoms with Gasteiger partial charge < -0.3 is 0 Å². The maximum atomic E-state index is 12.0. The minimum absolute atomic E-state index is 0.0797. The van der Waals surface area contributed by atoms with Crippen LogP contribution in [-0.2, 0) is 27.8 Å². The van der Waals surface area contributed by atoms with Crippen LogP contribution in [0.15, 0.2) is 9.90 Å². The molecule has 9 heteroatoms. The van der Waals surface area contributed by atoms with Crippen molar-refractivity contribution in [2.24, 2.45) is 0 Å². The van der Waals surface area contributed by atoms with Gasteiger partial charge in [-0.3, -0.25) is 9.05 Å². The quantitative estimate of drug-likeness (QED) is 0.578. The van der Waals surface area contributed by atoms with Gasteiger partial charge in [0.1, 0.15) is 4.49 Å². The number of halogens is 2. The largest absolute Gasteiger partial charge is 0.493 e. The third-order valence-electron chi connectivity index (χ3n) is 1.48. The van der Waals surface area contributed by atoms with Gasteiger partial charge in [-0.1, -0.05) is 23.2 Å². The molecule has 0 aliphatic heterocycles. The number of hydrogen-bond donors (Lipinski definition) is 1. The van der Waals surface area contributed by atoms with Gasteiger partial charge in [-0.2, -0.15) is 14.2 Å². The van der Waals surface area contributed by atoms with E-state index in [1.807, 2.05) is 0 Å². The van der Waals surface area contributed by atoms with Crippen molar-refractivity contribution >= 4 is 41.2 Å². The van der Waals surface area contributed by atoms with Crippen molar-refractivity contribution in [2.45, 2.75) is 13.8 Å². The molecule has 0 saturated carbocycles. The van der Waals surface area contributed by atoms with E-state index < -0.39 is 18.0 Å². The number of hydrogen-bond acceptors (Lipinski definition) is 5. The third kappa shape index (κ3) is 5.77. The normalized spacial score (nSPS) is 16.6. The first-order chi connectivity index (χ1) is 7.31. The maximum absolute atomic E-state index is 12.0. The van der Waals surface area contributed by atoms with Gasteiger partial charge in [0.15, 0.2) is 0 Å². The van der Waals surface area contributed by atoms with Gasteiger partial charge in [0.05, 0.1) is 6.61 Å². The fourth-order valence-corrected chi connectivity index (χ4v) is 5.01. The molecule has 0 aliphatic carbocycles. The van der Waals surface area contributed by atoms with Crippen LogP contribution >= 0.6 is 31.0 Å². The molecule has 0 spiro atoms. The van der Waals surface area contributed by atoms with Crippen LogP contribution < -0.4 is 0 Å². The highest BCUT2D eigenvalue weighted by Gasteiger charge is 2.29. The third-order valence-corrected chi connectivity index (χ3v) is 6.47. The maximum Gasteiger partial charge on any atom is 0.493 e. The molecule has 0 aromatic carbocycles. The van der Waals surface area contributed by atoms with Crippen LogP contribution in [0.2, 0.25) is 0 Å². The zero-order chi connectivity index (χ0) is 12.8. The van der Waals surface area contributed by atoms with Gasteiger partial charge in [0.2, 0.25) is 0 Å². The molecule has 0 radical (unpaired) electrons. The minimum atomic E-state index is -3.82. The Kier molecular flexibility index (Phi) is 7.37. The summed E-state index contributed by atoms with van der Waals surface area (Å²) in [5, 5.41) is 1.01. The summed E-state index contributed by atoms with van der Waals surface area (Å²) in [6.45, 7) is 3.30. The van der Waals surface area contributed by atoms with Crippen molar-refractivity contribution < 1.29 is 21.8 Å². The van der Waals surface area contributed by atoms with Crippen molar-refractivity contribution in [1.29, 1.82) is 0 Å².